The largest absolute Gasteiger partial charge is 0.478 e. The Labute approximate surface area is 159 Å². The lowest BCUT2D eigenvalue weighted by Gasteiger charge is -2.32. The number of hydrogen-bond acceptors (Lipinski definition) is 2. The van der Waals surface area contributed by atoms with Crippen molar-refractivity contribution in [1.82, 2.24) is 4.90 Å². The molecule has 1 N–H and O–H groups in total. The summed E-state index contributed by atoms with van der Waals surface area (Å²) in [6, 6.07) is 13.4. The molecule has 2 aromatic carbocycles. The van der Waals surface area contributed by atoms with Crippen LogP contribution < -0.4 is 0 Å². The van der Waals surface area contributed by atoms with E-state index < -0.39 is 5.97 Å². The second kappa shape index (κ2) is 7.55. The summed E-state index contributed by atoms with van der Waals surface area (Å²) < 4.78 is 0. The Kier molecular flexibility index (Phi) is 4.97. The van der Waals surface area contributed by atoms with Crippen molar-refractivity contribution < 1.29 is 14.7 Å². The quantitative estimate of drug-likeness (QED) is 0.894. The zero-order chi connectivity index (χ0) is 18.8. The summed E-state index contributed by atoms with van der Waals surface area (Å²) in [5.74, 6) is -0.307. The van der Waals surface area contributed by atoms with E-state index >= 15 is 0 Å². The average molecular weight is 363 g/mol. The maximum Gasteiger partial charge on any atom is 0.335 e. The van der Waals surface area contributed by atoms with Crippen LogP contribution in [0, 0.1) is 5.92 Å². The number of carbonyl (C=O) groups is 2. The number of amides is 1. The van der Waals surface area contributed by atoms with Gasteiger partial charge in [-0.05, 0) is 79.3 Å². The first-order valence-corrected chi connectivity index (χ1v) is 9.84. The number of aryl methyl sites for hydroxylation is 2. The zero-order valence-corrected chi connectivity index (χ0v) is 15.5. The van der Waals surface area contributed by atoms with Crippen LogP contribution in [0.3, 0.4) is 0 Å². The van der Waals surface area contributed by atoms with Crippen molar-refractivity contribution in [2.24, 2.45) is 5.92 Å². The number of aromatic carboxylic acids is 1. The third-order valence-electron chi connectivity index (χ3n) is 6.00. The summed E-state index contributed by atoms with van der Waals surface area (Å²) in [5, 5.41) is 9.35. The highest BCUT2D eigenvalue weighted by atomic mass is 16.4. The van der Waals surface area contributed by atoms with E-state index in [9.17, 15) is 14.7 Å². The molecule has 0 unspecified atom stereocenters. The van der Waals surface area contributed by atoms with Gasteiger partial charge < -0.3 is 10.0 Å². The summed E-state index contributed by atoms with van der Waals surface area (Å²) in [5.41, 5.74) is 4.83. The molecule has 1 amide bonds. The van der Waals surface area contributed by atoms with Gasteiger partial charge in [0.05, 0.1) is 5.56 Å². The summed E-state index contributed by atoms with van der Waals surface area (Å²) in [6.45, 7) is 1.49. The van der Waals surface area contributed by atoms with Crippen LogP contribution in [0.4, 0.5) is 0 Å². The number of carboxylic acids is 1. The molecule has 2 aliphatic rings. The number of carboxylic acid groups (broad SMARTS) is 1. The van der Waals surface area contributed by atoms with Gasteiger partial charge in [0, 0.05) is 18.7 Å². The van der Waals surface area contributed by atoms with Gasteiger partial charge in [0.2, 0.25) is 0 Å². The summed E-state index contributed by atoms with van der Waals surface area (Å²) >= 11 is 0. The number of fused-ring (bicyclic) bond motifs is 1. The van der Waals surface area contributed by atoms with E-state index in [4.69, 9.17) is 0 Å². The van der Waals surface area contributed by atoms with Crippen LogP contribution in [0.1, 0.15) is 56.7 Å². The van der Waals surface area contributed by atoms with Gasteiger partial charge in [-0.15, -0.1) is 0 Å². The molecule has 1 aliphatic carbocycles. The predicted molar refractivity (Wildman–Crippen MR) is 104 cm³/mol. The number of benzene rings is 2. The van der Waals surface area contributed by atoms with E-state index in [1.165, 1.54) is 17.5 Å². The van der Waals surface area contributed by atoms with Gasteiger partial charge in [-0.25, -0.2) is 4.79 Å². The summed E-state index contributed by atoms with van der Waals surface area (Å²) in [7, 11) is 0. The number of hydrogen-bond donors (Lipinski definition) is 1. The molecule has 4 rings (SSSR count). The molecule has 1 saturated heterocycles. The lowest BCUT2D eigenvalue weighted by Crippen LogP contribution is -2.39. The van der Waals surface area contributed by atoms with Crippen LogP contribution in [0.5, 0.6) is 0 Å². The van der Waals surface area contributed by atoms with Gasteiger partial charge in [-0.3, -0.25) is 4.79 Å². The highest BCUT2D eigenvalue weighted by Gasteiger charge is 2.25. The smallest absolute Gasteiger partial charge is 0.335 e. The minimum Gasteiger partial charge on any atom is -0.478 e. The molecule has 0 saturated carbocycles. The number of piperidine rings is 1. The molecule has 0 bridgehead atoms. The zero-order valence-electron chi connectivity index (χ0n) is 15.5. The molecule has 1 fully saturated rings. The van der Waals surface area contributed by atoms with E-state index in [1.54, 1.807) is 12.1 Å². The maximum absolute atomic E-state index is 12.9. The van der Waals surface area contributed by atoms with Crippen LogP contribution in [0.2, 0.25) is 0 Å². The van der Waals surface area contributed by atoms with Crippen molar-refractivity contribution >= 4 is 11.9 Å². The Morgan fingerprint density at radius 1 is 1.00 bits per heavy atom. The molecule has 0 radical (unpaired) electrons. The Hall–Kier alpha value is -2.62. The minimum absolute atomic E-state index is 0.133. The standard InChI is InChI=1S/C23H25NO3/c25-22(20-9-8-17-5-3-6-18(17)15-20)24-12-10-16(11-13-24)14-19-4-1-2-7-21(19)23(26)27/h1-2,4,7-9,15-16H,3,5-6,10-14H2,(H,26,27). The van der Waals surface area contributed by atoms with Crippen molar-refractivity contribution in [3.05, 3.63) is 70.3 Å². The number of likely N-dealkylation sites (tertiary alicyclic amines) is 1. The van der Waals surface area contributed by atoms with Crippen molar-refractivity contribution in [1.29, 1.82) is 0 Å². The molecule has 0 spiro atoms. The molecular weight excluding hydrogens is 338 g/mol. The Morgan fingerprint density at radius 2 is 1.74 bits per heavy atom. The fourth-order valence-electron chi connectivity index (χ4n) is 4.45. The summed E-state index contributed by atoms with van der Waals surface area (Å²) in [4.78, 5) is 26.2. The molecule has 2 aromatic rings. The Balaban J connectivity index is 1.38. The number of nitrogens with zero attached hydrogens (tertiary/aromatic N) is 1. The molecule has 1 heterocycles. The van der Waals surface area contributed by atoms with Gasteiger partial charge in [-0.2, -0.15) is 0 Å². The SMILES string of the molecule is O=C(O)c1ccccc1CC1CCN(C(=O)c2ccc3c(c2)CCC3)CC1. The third-order valence-corrected chi connectivity index (χ3v) is 6.00. The first-order valence-electron chi connectivity index (χ1n) is 9.84. The van der Waals surface area contributed by atoms with Crippen LogP contribution in [-0.4, -0.2) is 35.0 Å². The lowest BCUT2D eigenvalue weighted by molar-refractivity contribution is 0.0690. The van der Waals surface area contributed by atoms with E-state index in [0.717, 1.165) is 56.3 Å². The van der Waals surface area contributed by atoms with E-state index in [0.29, 0.717) is 11.5 Å². The van der Waals surface area contributed by atoms with Crippen LogP contribution in [0.25, 0.3) is 0 Å². The monoisotopic (exact) mass is 363 g/mol. The van der Waals surface area contributed by atoms with Gasteiger partial charge in [0.25, 0.3) is 5.91 Å². The molecular formula is C23H25NO3. The Bertz CT molecular complexity index is 866. The minimum atomic E-state index is -0.866. The van der Waals surface area contributed by atoms with E-state index in [2.05, 4.69) is 12.1 Å². The Morgan fingerprint density at radius 3 is 2.52 bits per heavy atom. The van der Waals surface area contributed by atoms with Crippen molar-refractivity contribution in [2.75, 3.05) is 13.1 Å². The van der Waals surface area contributed by atoms with Gasteiger partial charge in [0.15, 0.2) is 0 Å². The predicted octanol–water partition coefficient (Wildman–Crippen LogP) is 3.97. The third kappa shape index (κ3) is 3.75. The van der Waals surface area contributed by atoms with Gasteiger partial charge in [0.1, 0.15) is 0 Å². The molecule has 0 atom stereocenters. The van der Waals surface area contributed by atoms with Gasteiger partial charge >= 0.3 is 5.97 Å². The first kappa shape index (κ1) is 17.8. The summed E-state index contributed by atoms with van der Waals surface area (Å²) in [6.07, 6.45) is 6.02. The van der Waals surface area contributed by atoms with Crippen molar-refractivity contribution in [2.45, 2.75) is 38.5 Å². The maximum atomic E-state index is 12.9. The van der Waals surface area contributed by atoms with Crippen molar-refractivity contribution in [3.8, 4) is 0 Å². The normalized spacial score (nSPS) is 17.0. The average Bonchev–Trinajstić information content (AvgIpc) is 3.16. The fourth-order valence-corrected chi connectivity index (χ4v) is 4.45. The molecule has 140 valence electrons. The highest BCUT2D eigenvalue weighted by Crippen LogP contribution is 2.26. The second-order valence-electron chi connectivity index (χ2n) is 7.74. The highest BCUT2D eigenvalue weighted by molar-refractivity contribution is 5.94. The van der Waals surface area contributed by atoms with Crippen LogP contribution in [-0.2, 0) is 19.3 Å². The first-order chi connectivity index (χ1) is 13.1. The number of carbonyl (C=O) groups excluding carboxylic acids is 1. The molecule has 4 heteroatoms. The molecule has 1 aliphatic heterocycles. The topological polar surface area (TPSA) is 57.6 Å². The van der Waals surface area contributed by atoms with E-state index in [1.807, 2.05) is 23.1 Å². The number of rotatable bonds is 4. The van der Waals surface area contributed by atoms with Crippen LogP contribution in [0.15, 0.2) is 42.5 Å². The fraction of sp³-hybridized carbons (Fsp3) is 0.391. The second-order valence-corrected chi connectivity index (χ2v) is 7.74. The molecule has 27 heavy (non-hydrogen) atoms. The molecule has 4 nitrogen and oxygen atoms in total. The van der Waals surface area contributed by atoms with Crippen molar-refractivity contribution in [3.63, 3.8) is 0 Å². The lowest BCUT2D eigenvalue weighted by atomic mass is 9.88. The van der Waals surface area contributed by atoms with E-state index in [-0.39, 0.29) is 5.91 Å². The van der Waals surface area contributed by atoms with Crippen LogP contribution >= 0.6 is 0 Å². The molecule has 0 aromatic heterocycles. The van der Waals surface area contributed by atoms with Gasteiger partial charge in [-0.1, -0.05) is 24.3 Å².